The molecule has 2 aromatic heterocycles. The number of aromatic nitrogens is 2. The van der Waals surface area contributed by atoms with Gasteiger partial charge < -0.3 is 10.1 Å². The lowest BCUT2D eigenvalue weighted by Gasteiger charge is -2.03. The highest BCUT2D eigenvalue weighted by Gasteiger charge is 2.20. The lowest BCUT2D eigenvalue weighted by atomic mass is 10.1. The van der Waals surface area contributed by atoms with Gasteiger partial charge in [-0.1, -0.05) is 0 Å². The van der Waals surface area contributed by atoms with Gasteiger partial charge >= 0.3 is 0 Å². The van der Waals surface area contributed by atoms with Crippen molar-refractivity contribution < 1.29 is 9.53 Å². The van der Waals surface area contributed by atoms with Crippen LogP contribution in [0.2, 0.25) is 0 Å². The van der Waals surface area contributed by atoms with E-state index < -0.39 is 0 Å². The molecule has 0 saturated carbocycles. The number of ether oxygens (including phenoxy) is 1. The van der Waals surface area contributed by atoms with Crippen molar-refractivity contribution in [3.63, 3.8) is 0 Å². The molecule has 0 fully saturated rings. The molecule has 3 aromatic rings. The molecule has 0 aliphatic rings. The van der Waals surface area contributed by atoms with Crippen molar-refractivity contribution in [2.24, 2.45) is 0 Å². The number of methoxy groups -OCH3 is 1. The van der Waals surface area contributed by atoms with E-state index >= 15 is 0 Å². The van der Waals surface area contributed by atoms with Gasteiger partial charge in [-0.3, -0.25) is 10.1 Å². The fourth-order valence-corrected chi connectivity index (χ4v) is 4.01. The van der Waals surface area contributed by atoms with Crippen LogP contribution in [0, 0.1) is 13.8 Å². The first kappa shape index (κ1) is 17.4. The predicted octanol–water partition coefficient (Wildman–Crippen LogP) is 4.19. The summed E-state index contributed by atoms with van der Waals surface area (Å²) < 4.78 is 9.41. The van der Waals surface area contributed by atoms with Crippen molar-refractivity contribution in [2.75, 3.05) is 24.8 Å². The van der Waals surface area contributed by atoms with Crippen LogP contribution in [0.25, 0.3) is 11.3 Å². The van der Waals surface area contributed by atoms with E-state index in [9.17, 15) is 4.79 Å². The first-order chi connectivity index (χ1) is 12.0. The number of anilines is 2. The Balaban J connectivity index is 1.84. The normalized spacial score (nSPS) is 10.6. The highest BCUT2D eigenvalue weighted by atomic mass is 32.1. The minimum absolute atomic E-state index is 0.203. The summed E-state index contributed by atoms with van der Waals surface area (Å²) in [5, 5.41) is 7.21. The smallest absolute Gasteiger partial charge is 0.262 e. The Bertz CT molecular complexity index is 900. The van der Waals surface area contributed by atoms with Gasteiger partial charge in [0.2, 0.25) is 0 Å². The molecule has 1 aromatic carbocycles. The molecule has 0 aliphatic heterocycles. The second-order valence-corrected chi connectivity index (χ2v) is 7.31. The molecule has 0 atom stereocenters. The number of aryl methyl sites for hydroxylation is 2. The van der Waals surface area contributed by atoms with Crippen LogP contribution < -0.4 is 15.4 Å². The van der Waals surface area contributed by atoms with Crippen molar-refractivity contribution >= 4 is 38.9 Å². The molecule has 0 unspecified atom stereocenters. The minimum atomic E-state index is -0.203. The van der Waals surface area contributed by atoms with E-state index in [2.05, 4.69) is 20.0 Å². The van der Waals surface area contributed by atoms with E-state index in [1.807, 2.05) is 38.1 Å². The molecule has 0 bridgehead atoms. The second-order valence-electron chi connectivity index (χ2n) is 5.33. The van der Waals surface area contributed by atoms with E-state index in [-0.39, 0.29) is 5.91 Å². The molecule has 130 valence electrons. The minimum Gasteiger partial charge on any atom is -0.497 e. The number of carbonyl (C=O) groups is 1. The van der Waals surface area contributed by atoms with Crippen molar-refractivity contribution in [3.05, 3.63) is 40.4 Å². The van der Waals surface area contributed by atoms with Crippen molar-refractivity contribution in [2.45, 2.75) is 13.8 Å². The van der Waals surface area contributed by atoms with Gasteiger partial charge in [0.1, 0.15) is 10.8 Å². The monoisotopic (exact) mass is 374 g/mol. The summed E-state index contributed by atoms with van der Waals surface area (Å²) in [6, 6.07) is 7.70. The fraction of sp³-hybridized carbons (Fsp3) is 0.235. The average Bonchev–Trinajstić information content (AvgIpc) is 3.17. The van der Waals surface area contributed by atoms with E-state index in [4.69, 9.17) is 4.74 Å². The number of carbonyl (C=O) groups excluding carboxylic acids is 1. The molecular weight excluding hydrogens is 356 g/mol. The first-order valence-electron chi connectivity index (χ1n) is 7.60. The molecule has 8 heteroatoms. The first-order valence-corrected chi connectivity index (χ1v) is 9.19. The molecule has 3 rings (SSSR count). The summed E-state index contributed by atoms with van der Waals surface area (Å²) in [7, 11) is 3.41. The maximum atomic E-state index is 12.6. The third-order valence-corrected chi connectivity index (χ3v) is 5.54. The average molecular weight is 374 g/mol. The van der Waals surface area contributed by atoms with Gasteiger partial charge in [-0.15, -0.1) is 11.3 Å². The number of hydrogen-bond donors (Lipinski definition) is 2. The summed E-state index contributed by atoms with van der Waals surface area (Å²) in [6.45, 7) is 3.81. The molecule has 0 saturated heterocycles. The van der Waals surface area contributed by atoms with Gasteiger partial charge in [0.15, 0.2) is 5.13 Å². The highest BCUT2D eigenvalue weighted by molar-refractivity contribution is 7.16. The zero-order valence-corrected chi connectivity index (χ0v) is 16.0. The number of benzene rings is 1. The van der Waals surface area contributed by atoms with Crippen LogP contribution in [0.1, 0.15) is 20.9 Å². The Morgan fingerprint density at radius 1 is 1.20 bits per heavy atom. The van der Waals surface area contributed by atoms with Crippen LogP contribution >= 0.6 is 22.9 Å². The Labute approximate surface area is 154 Å². The standard InChI is InChI=1S/C17H18N4O2S2/c1-9-13(16(18-3)25-21-9)15(22)20-17-19-14(10(2)24-17)11-5-7-12(23-4)8-6-11/h5-8,18H,1-4H3,(H,19,20,22). The highest BCUT2D eigenvalue weighted by Crippen LogP contribution is 2.32. The second kappa shape index (κ2) is 7.20. The van der Waals surface area contributed by atoms with Crippen LogP contribution in [0.15, 0.2) is 24.3 Å². The van der Waals surface area contributed by atoms with Crippen molar-refractivity contribution in [1.82, 2.24) is 9.36 Å². The Hall–Kier alpha value is -2.45. The van der Waals surface area contributed by atoms with E-state index in [0.717, 1.165) is 26.9 Å². The van der Waals surface area contributed by atoms with E-state index in [1.54, 1.807) is 14.2 Å². The Morgan fingerprint density at radius 3 is 2.56 bits per heavy atom. The number of thiazole rings is 1. The maximum Gasteiger partial charge on any atom is 0.262 e. The molecule has 2 heterocycles. The van der Waals surface area contributed by atoms with Crippen LogP contribution in [-0.2, 0) is 0 Å². The van der Waals surface area contributed by atoms with Gasteiger partial charge in [0.05, 0.1) is 24.1 Å². The molecule has 0 spiro atoms. The largest absolute Gasteiger partial charge is 0.497 e. The van der Waals surface area contributed by atoms with Gasteiger partial charge in [-0.05, 0) is 49.6 Å². The lowest BCUT2D eigenvalue weighted by Crippen LogP contribution is -2.13. The van der Waals surface area contributed by atoms with Gasteiger partial charge in [-0.25, -0.2) is 4.98 Å². The van der Waals surface area contributed by atoms with Crippen LogP contribution in [0.3, 0.4) is 0 Å². The van der Waals surface area contributed by atoms with Gasteiger partial charge in [0.25, 0.3) is 5.91 Å². The van der Waals surface area contributed by atoms with E-state index in [1.165, 1.54) is 22.9 Å². The van der Waals surface area contributed by atoms with Crippen molar-refractivity contribution in [3.8, 4) is 17.0 Å². The number of nitrogens with one attached hydrogen (secondary N) is 2. The van der Waals surface area contributed by atoms with E-state index in [0.29, 0.717) is 16.4 Å². The van der Waals surface area contributed by atoms with Crippen LogP contribution in [-0.4, -0.2) is 29.4 Å². The number of hydrogen-bond acceptors (Lipinski definition) is 7. The molecule has 0 aliphatic carbocycles. The fourth-order valence-electron chi connectivity index (χ4n) is 2.43. The van der Waals surface area contributed by atoms with Gasteiger partial charge in [0, 0.05) is 17.5 Å². The number of amides is 1. The quantitative estimate of drug-likeness (QED) is 0.700. The molecular formula is C17H18N4O2S2. The summed E-state index contributed by atoms with van der Waals surface area (Å²) in [5.74, 6) is 0.593. The predicted molar refractivity (Wildman–Crippen MR) is 103 cm³/mol. The van der Waals surface area contributed by atoms with Crippen LogP contribution in [0.5, 0.6) is 5.75 Å². The Morgan fingerprint density at radius 2 is 1.92 bits per heavy atom. The summed E-state index contributed by atoms with van der Waals surface area (Å²) >= 11 is 2.73. The molecule has 1 amide bonds. The summed E-state index contributed by atoms with van der Waals surface area (Å²) in [5.41, 5.74) is 3.11. The molecule has 2 N–H and O–H groups in total. The molecule has 0 radical (unpaired) electrons. The topological polar surface area (TPSA) is 76.1 Å². The Kier molecular flexibility index (Phi) is 5.00. The third kappa shape index (κ3) is 3.49. The molecule has 6 nitrogen and oxygen atoms in total. The van der Waals surface area contributed by atoms with Crippen LogP contribution in [0.4, 0.5) is 10.1 Å². The zero-order chi connectivity index (χ0) is 18.0. The summed E-state index contributed by atoms with van der Waals surface area (Å²) in [4.78, 5) is 18.2. The van der Waals surface area contributed by atoms with Gasteiger partial charge in [-0.2, -0.15) is 4.37 Å². The lowest BCUT2D eigenvalue weighted by molar-refractivity contribution is 0.102. The zero-order valence-electron chi connectivity index (χ0n) is 14.3. The SMILES string of the molecule is CNc1snc(C)c1C(=O)Nc1nc(-c2ccc(OC)cc2)c(C)s1. The van der Waals surface area contributed by atoms with Crippen molar-refractivity contribution in [1.29, 1.82) is 0 Å². The summed E-state index contributed by atoms with van der Waals surface area (Å²) in [6.07, 6.45) is 0. The number of rotatable bonds is 5. The third-order valence-electron chi connectivity index (χ3n) is 3.70. The molecule has 25 heavy (non-hydrogen) atoms. The number of nitrogens with zero attached hydrogens (tertiary/aromatic N) is 2. The maximum absolute atomic E-state index is 12.6.